The standard InChI is InChI=1S/C13H17FN2O/c1-10-3-2-4-12(14)13(10)11-5-7-16(8-6-11)9-15-17/h2-5,15,17H,6-9H2,1H3. The average molecular weight is 236 g/mol. The number of halogens is 1. The van der Waals surface area contributed by atoms with E-state index in [9.17, 15) is 4.39 Å². The van der Waals surface area contributed by atoms with E-state index in [4.69, 9.17) is 5.21 Å². The number of aryl methyl sites for hydroxylation is 1. The van der Waals surface area contributed by atoms with Crippen LogP contribution in [0.3, 0.4) is 0 Å². The van der Waals surface area contributed by atoms with Gasteiger partial charge in [0, 0.05) is 18.7 Å². The maximum atomic E-state index is 13.8. The lowest BCUT2D eigenvalue weighted by molar-refractivity contribution is 0.103. The number of hydrogen-bond donors (Lipinski definition) is 2. The highest BCUT2D eigenvalue weighted by Crippen LogP contribution is 2.27. The molecule has 0 atom stereocenters. The van der Waals surface area contributed by atoms with Crippen LogP contribution in [-0.4, -0.2) is 29.9 Å². The molecule has 17 heavy (non-hydrogen) atoms. The van der Waals surface area contributed by atoms with Gasteiger partial charge in [0.05, 0.1) is 6.67 Å². The summed E-state index contributed by atoms with van der Waals surface area (Å²) in [6.45, 7) is 3.94. The zero-order chi connectivity index (χ0) is 12.3. The minimum Gasteiger partial charge on any atom is -0.316 e. The van der Waals surface area contributed by atoms with Crippen LogP contribution >= 0.6 is 0 Å². The van der Waals surface area contributed by atoms with Crippen molar-refractivity contribution < 1.29 is 9.60 Å². The summed E-state index contributed by atoms with van der Waals surface area (Å²) in [5, 5.41) is 8.62. The fourth-order valence-electron chi connectivity index (χ4n) is 2.22. The fourth-order valence-corrected chi connectivity index (χ4v) is 2.22. The number of hydrogen-bond acceptors (Lipinski definition) is 3. The van der Waals surface area contributed by atoms with Crippen molar-refractivity contribution in [3.8, 4) is 0 Å². The van der Waals surface area contributed by atoms with Crippen LogP contribution in [0.15, 0.2) is 24.3 Å². The first-order valence-corrected chi connectivity index (χ1v) is 5.76. The molecule has 0 amide bonds. The van der Waals surface area contributed by atoms with E-state index in [1.165, 1.54) is 6.07 Å². The van der Waals surface area contributed by atoms with Crippen molar-refractivity contribution in [1.82, 2.24) is 10.4 Å². The quantitative estimate of drug-likeness (QED) is 0.789. The first kappa shape index (κ1) is 12.2. The highest BCUT2D eigenvalue weighted by Gasteiger charge is 2.16. The van der Waals surface area contributed by atoms with E-state index in [0.717, 1.165) is 36.2 Å². The van der Waals surface area contributed by atoms with Gasteiger partial charge >= 0.3 is 0 Å². The second-order valence-electron chi connectivity index (χ2n) is 4.30. The molecule has 2 rings (SSSR count). The first-order chi connectivity index (χ1) is 8.22. The Hall–Kier alpha value is -1.23. The van der Waals surface area contributed by atoms with Gasteiger partial charge in [-0.25, -0.2) is 4.39 Å². The number of nitrogens with zero attached hydrogens (tertiary/aromatic N) is 1. The molecule has 4 heteroatoms. The minimum atomic E-state index is -0.148. The third kappa shape index (κ3) is 2.72. The molecule has 3 nitrogen and oxygen atoms in total. The summed E-state index contributed by atoms with van der Waals surface area (Å²) in [6.07, 6.45) is 2.84. The molecule has 0 spiro atoms. The maximum absolute atomic E-state index is 13.8. The van der Waals surface area contributed by atoms with Crippen LogP contribution < -0.4 is 5.48 Å². The third-order valence-corrected chi connectivity index (χ3v) is 3.13. The van der Waals surface area contributed by atoms with E-state index in [1.54, 1.807) is 6.07 Å². The van der Waals surface area contributed by atoms with Crippen molar-refractivity contribution in [1.29, 1.82) is 0 Å². The Morgan fingerprint density at radius 2 is 2.29 bits per heavy atom. The van der Waals surface area contributed by atoms with E-state index in [0.29, 0.717) is 6.67 Å². The zero-order valence-corrected chi connectivity index (χ0v) is 9.91. The summed E-state index contributed by atoms with van der Waals surface area (Å²) in [5.41, 5.74) is 4.92. The molecule has 1 aromatic rings. The molecule has 92 valence electrons. The lowest BCUT2D eigenvalue weighted by Crippen LogP contribution is -2.35. The lowest BCUT2D eigenvalue weighted by atomic mass is 9.95. The first-order valence-electron chi connectivity index (χ1n) is 5.76. The number of rotatable bonds is 3. The van der Waals surface area contributed by atoms with Crippen molar-refractivity contribution in [3.63, 3.8) is 0 Å². The van der Waals surface area contributed by atoms with Gasteiger partial charge in [-0.3, -0.25) is 4.90 Å². The van der Waals surface area contributed by atoms with Crippen LogP contribution in [0.5, 0.6) is 0 Å². The Labute approximate surface area is 101 Å². The van der Waals surface area contributed by atoms with Gasteiger partial charge in [-0.15, -0.1) is 0 Å². The zero-order valence-electron chi connectivity index (χ0n) is 9.91. The smallest absolute Gasteiger partial charge is 0.130 e. The third-order valence-electron chi connectivity index (χ3n) is 3.13. The van der Waals surface area contributed by atoms with E-state index in [1.807, 2.05) is 19.1 Å². The molecule has 0 aromatic heterocycles. The van der Waals surface area contributed by atoms with Gasteiger partial charge in [-0.1, -0.05) is 18.2 Å². The fraction of sp³-hybridized carbons (Fsp3) is 0.385. The Morgan fingerprint density at radius 1 is 1.47 bits per heavy atom. The largest absolute Gasteiger partial charge is 0.316 e. The Balaban J connectivity index is 2.19. The molecule has 0 saturated carbocycles. The molecule has 1 aliphatic heterocycles. The van der Waals surface area contributed by atoms with Crippen LogP contribution in [0.2, 0.25) is 0 Å². The molecule has 1 aliphatic rings. The molecule has 0 fully saturated rings. The molecule has 0 unspecified atom stereocenters. The van der Waals surface area contributed by atoms with E-state index in [2.05, 4.69) is 10.4 Å². The highest BCUT2D eigenvalue weighted by atomic mass is 19.1. The summed E-state index contributed by atoms with van der Waals surface area (Å²) in [6, 6.07) is 5.17. The van der Waals surface area contributed by atoms with Gasteiger partial charge in [0.2, 0.25) is 0 Å². The van der Waals surface area contributed by atoms with Gasteiger partial charge < -0.3 is 5.21 Å². The molecule has 0 bridgehead atoms. The summed E-state index contributed by atoms with van der Waals surface area (Å²) in [5.74, 6) is -0.148. The Bertz CT molecular complexity index is 411. The molecule has 2 N–H and O–H groups in total. The number of hydroxylamine groups is 1. The van der Waals surface area contributed by atoms with Crippen molar-refractivity contribution in [2.45, 2.75) is 13.3 Å². The van der Waals surface area contributed by atoms with E-state index >= 15 is 0 Å². The van der Waals surface area contributed by atoms with Crippen LogP contribution in [0.4, 0.5) is 4.39 Å². The second kappa shape index (κ2) is 5.40. The molecule has 1 heterocycles. The van der Waals surface area contributed by atoms with Crippen molar-refractivity contribution >= 4 is 5.57 Å². The monoisotopic (exact) mass is 236 g/mol. The second-order valence-corrected chi connectivity index (χ2v) is 4.30. The van der Waals surface area contributed by atoms with Crippen molar-refractivity contribution in [3.05, 3.63) is 41.2 Å². The van der Waals surface area contributed by atoms with Gasteiger partial charge in [0.15, 0.2) is 0 Å². The lowest BCUT2D eigenvalue weighted by Gasteiger charge is -2.26. The normalized spacial score (nSPS) is 17.0. The summed E-state index contributed by atoms with van der Waals surface area (Å²) < 4.78 is 13.8. The molecular formula is C13H17FN2O. The highest BCUT2D eigenvalue weighted by molar-refractivity contribution is 5.69. The van der Waals surface area contributed by atoms with Crippen molar-refractivity contribution in [2.24, 2.45) is 0 Å². The molecule has 1 aromatic carbocycles. The number of nitrogens with one attached hydrogen (secondary N) is 1. The number of benzene rings is 1. The van der Waals surface area contributed by atoms with Gasteiger partial charge in [-0.05, 0) is 30.5 Å². The predicted molar refractivity (Wildman–Crippen MR) is 65.1 cm³/mol. The summed E-state index contributed by atoms with van der Waals surface area (Å²) in [7, 11) is 0. The maximum Gasteiger partial charge on any atom is 0.130 e. The van der Waals surface area contributed by atoms with E-state index in [-0.39, 0.29) is 5.82 Å². The molecule has 0 saturated heterocycles. The SMILES string of the molecule is Cc1cccc(F)c1C1=CCN(CNO)CC1. The van der Waals surface area contributed by atoms with Gasteiger partial charge in [0.1, 0.15) is 5.82 Å². The predicted octanol–water partition coefficient (Wildman–Crippen LogP) is 2.16. The van der Waals surface area contributed by atoms with Crippen LogP contribution in [-0.2, 0) is 0 Å². The molecule has 0 radical (unpaired) electrons. The summed E-state index contributed by atoms with van der Waals surface area (Å²) in [4.78, 5) is 2.06. The van der Waals surface area contributed by atoms with Crippen LogP contribution in [0, 0.1) is 12.7 Å². The van der Waals surface area contributed by atoms with Gasteiger partial charge in [-0.2, -0.15) is 5.48 Å². The van der Waals surface area contributed by atoms with E-state index < -0.39 is 0 Å². The van der Waals surface area contributed by atoms with Gasteiger partial charge in [0.25, 0.3) is 0 Å². The molecule has 0 aliphatic carbocycles. The summed E-state index contributed by atoms with van der Waals surface area (Å²) >= 11 is 0. The molecular weight excluding hydrogens is 219 g/mol. The van der Waals surface area contributed by atoms with Crippen molar-refractivity contribution in [2.75, 3.05) is 19.8 Å². The van der Waals surface area contributed by atoms with Crippen LogP contribution in [0.25, 0.3) is 5.57 Å². The average Bonchev–Trinajstić information content (AvgIpc) is 2.31. The Kier molecular flexibility index (Phi) is 3.89. The Morgan fingerprint density at radius 3 is 2.88 bits per heavy atom. The minimum absolute atomic E-state index is 0.148. The topological polar surface area (TPSA) is 35.5 Å². The van der Waals surface area contributed by atoms with Crippen LogP contribution in [0.1, 0.15) is 17.5 Å².